The van der Waals surface area contributed by atoms with Crippen molar-refractivity contribution in [3.8, 4) is 11.1 Å². The molecule has 1 aromatic heterocycles. The number of amides is 1. The number of nitrogens with zero attached hydrogens (tertiary/aromatic N) is 1. The quantitative estimate of drug-likeness (QED) is 0.326. The van der Waals surface area contributed by atoms with Crippen molar-refractivity contribution in [3.63, 3.8) is 0 Å². The Kier molecular flexibility index (Phi) is 6.86. The topological polar surface area (TPSA) is 88.5 Å². The molecule has 3 aromatic carbocycles. The largest absolute Gasteiger partial charge is 0.480 e. The van der Waals surface area contributed by atoms with Crippen molar-refractivity contribution in [2.45, 2.75) is 17.7 Å². The van der Waals surface area contributed by atoms with E-state index in [9.17, 15) is 19.1 Å². The van der Waals surface area contributed by atoms with Gasteiger partial charge in [0.15, 0.2) is 0 Å². The number of nitrogens with one attached hydrogen (secondary N) is 1. The van der Waals surface area contributed by atoms with E-state index in [1.165, 1.54) is 17.8 Å². The Morgan fingerprint density at radius 2 is 1.69 bits per heavy atom. The fourth-order valence-electron chi connectivity index (χ4n) is 4.56. The zero-order valence-corrected chi connectivity index (χ0v) is 20.0. The van der Waals surface area contributed by atoms with Gasteiger partial charge < -0.3 is 15.2 Å². The maximum atomic E-state index is 14.0. The van der Waals surface area contributed by atoms with Crippen molar-refractivity contribution in [3.05, 3.63) is 102 Å². The number of fused-ring (bicyclic) bond motifs is 4. The summed E-state index contributed by atoms with van der Waals surface area (Å²) in [5.41, 5.74) is 5.73. The minimum Gasteiger partial charge on any atom is -0.480 e. The number of carbonyl (C=O) groups excluding carboxylic acids is 1. The fourth-order valence-corrected chi connectivity index (χ4v) is 5.59. The summed E-state index contributed by atoms with van der Waals surface area (Å²) in [4.78, 5) is 28.6. The first-order valence-corrected chi connectivity index (χ1v) is 12.6. The molecule has 0 spiro atoms. The number of halogens is 1. The molecule has 1 aliphatic rings. The highest BCUT2D eigenvalue weighted by molar-refractivity contribution is 7.98. The monoisotopic (exact) mass is 502 g/mol. The second kappa shape index (κ2) is 10.4. The van der Waals surface area contributed by atoms with Crippen molar-refractivity contribution in [2.24, 2.45) is 0 Å². The summed E-state index contributed by atoms with van der Waals surface area (Å²) in [5.74, 6) is -1.08. The zero-order valence-electron chi connectivity index (χ0n) is 19.2. The number of benzene rings is 3. The van der Waals surface area contributed by atoms with E-state index in [4.69, 9.17) is 4.74 Å². The second-order valence-electron chi connectivity index (χ2n) is 8.48. The first-order chi connectivity index (χ1) is 17.5. The van der Waals surface area contributed by atoms with E-state index in [-0.39, 0.29) is 24.1 Å². The molecule has 0 saturated heterocycles. The molecular weight excluding hydrogens is 479 g/mol. The molecule has 5 rings (SSSR count). The number of alkyl carbamates (subject to hydrolysis) is 1. The van der Waals surface area contributed by atoms with Crippen molar-refractivity contribution in [1.82, 2.24) is 10.3 Å². The molecule has 1 amide bonds. The van der Waals surface area contributed by atoms with Gasteiger partial charge in [0.25, 0.3) is 0 Å². The van der Waals surface area contributed by atoms with Gasteiger partial charge in [-0.25, -0.2) is 14.0 Å². The summed E-state index contributed by atoms with van der Waals surface area (Å²) in [5, 5.41) is 12.5. The number of ether oxygens (including phenoxy) is 1. The Morgan fingerprint density at radius 1 is 1.00 bits per heavy atom. The highest BCUT2D eigenvalue weighted by Gasteiger charge is 2.29. The minimum atomic E-state index is -1.15. The number of pyridine rings is 1. The molecule has 6 nitrogen and oxygen atoms in total. The summed E-state index contributed by atoms with van der Waals surface area (Å²) in [7, 11) is 0. The molecule has 1 unspecified atom stereocenters. The molecule has 2 N–H and O–H groups in total. The fraction of sp³-hybridized carbons (Fsp3) is 0.179. The highest BCUT2D eigenvalue weighted by Crippen LogP contribution is 2.44. The molecule has 0 bridgehead atoms. The standard InChI is InChI=1S/C28H23FN2O4S/c29-24-12-11-17(26-22(24)10-5-13-30-26)15-36-16-25(27(32)33)31-28(34)35-14-23-20-8-3-1-6-18(20)19-7-2-4-9-21(19)23/h1-13,23,25H,14-16H2,(H,31,34)(H,32,33). The number of aliphatic carboxylic acids is 1. The van der Waals surface area contributed by atoms with Crippen molar-refractivity contribution in [2.75, 3.05) is 12.4 Å². The molecule has 0 saturated carbocycles. The summed E-state index contributed by atoms with van der Waals surface area (Å²) >= 11 is 1.32. The SMILES string of the molecule is O=C(NC(CSCc1ccc(F)c2cccnc12)C(=O)O)OCC1c2ccccc2-c2ccccc21. The van der Waals surface area contributed by atoms with E-state index in [1.54, 1.807) is 24.4 Å². The molecule has 36 heavy (non-hydrogen) atoms. The predicted molar refractivity (Wildman–Crippen MR) is 137 cm³/mol. The van der Waals surface area contributed by atoms with Gasteiger partial charge >= 0.3 is 12.1 Å². The van der Waals surface area contributed by atoms with E-state index in [2.05, 4.69) is 10.3 Å². The van der Waals surface area contributed by atoms with Crippen LogP contribution in [0, 0.1) is 5.82 Å². The van der Waals surface area contributed by atoms with Gasteiger partial charge in [-0.1, -0.05) is 54.6 Å². The maximum absolute atomic E-state index is 14.0. The molecular formula is C28H23FN2O4S. The summed E-state index contributed by atoms with van der Waals surface area (Å²) < 4.78 is 19.5. The van der Waals surface area contributed by atoms with Gasteiger partial charge in [0.2, 0.25) is 0 Å². The molecule has 0 fully saturated rings. The number of carboxylic acids is 1. The average Bonchev–Trinajstić information content (AvgIpc) is 3.22. The smallest absolute Gasteiger partial charge is 0.407 e. The van der Waals surface area contributed by atoms with Crippen LogP contribution >= 0.6 is 11.8 Å². The van der Waals surface area contributed by atoms with E-state index in [0.717, 1.165) is 27.8 Å². The van der Waals surface area contributed by atoms with Gasteiger partial charge in [0, 0.05) is 29.0 Å². The first-order valence-electron chi connectivity index (χ1n) is 11.5. The molecule has 0 radical (unpaired) electrons. The van der Waals surface area contributed by atoms with Crippen LogP contribution in [0.4, 0.5) is 9.18 Å². The number of hydrogen-bond acceptors (Lipinski definition) is 5. The van der Waals surface area contributed by atoms with E-state index in [1.807, 2.05) is 48.5 Å². The number of thioether (sulfide) groups is 1. The van der Waals surface area contributed by atoms with Gasteiger partial charge in [0.05, 0.1) is 5.52 Å². The van der Waals surface area contributed by atoms with Crippen LogP contribution < -0.4 is 5.32 Å². The van der Waals surface area contributed by atoms with Gasteiger partial charge in [-0.15, -0.1) is 0 Å². The van der Waals surface area contributed by atoms with Crippen LogP contribution in [0.1, 0.15) is 22.6 Å². The van der Waals surface area contributed by atoms with Crippen LogP contribution in [0.25, 0.3) is 22.0 Å². The van der Waals surface area contributed by atoms with Crippen LogP contribution in [0.3, 0.4) is 0 Å². The second-order valence-corrected chi connectivity index (χ2v) is 9.51. The van der Waals surface area contributed by atoms with Crippen LogP contribution in [0.15, 0.2) is 79.0 Å². The lowest BCUT2D eigenvalue weighted by Crippen LogP contribution is -2.43. The number of hydrogen-bond donors (Lipinski definition) is 2. The summed E-state index contributed by atoms with van der Waals surface area (Å²) in [6, 6.07) is 21.2. The summed E-state index contributed by atoms with van der Waals surface area (Å²) in [6.07, 6.45) is 0.813. The Balaban J connectivity index is 1.19. The van der Waals surface area contributed by atoms with E-state index in [0.29, 0.717) is 16.7 Å². The lowest BCUT2D eigenvalue weighted by molar-refractivity contribution is -0.138. The van der Waals surface area contributed by atoms with Crippen molar-refractivity contribution < 1.29 is 23.8 Å². The van der Waals surface area contributed by atoms with Crippen molar-refractivity contribution in [1.29, 1.82) is 0 Å². The molecule has 0 aliphatic heterocycles. The number of rotatable bonds is 8. The summed E-state index contributed by atoms with van der Waals surface area (Å²) in [6.45, 7) is 0.104. The molecule has 1 heterocycles. The third-order valence-corrected chi connectivity index (χ3v) is 7.36. The van der Waals surface area contributed by atoms with Gasteiger partial charge in [-0.05, 0) is 46.0 Å². The molecule has 8 heteroatoms. The number of carboxylic acid groups (broad SMARTS) is 1. The normalized spacial score (nSPS) is 13.1. The maximum Gasteiger partial charge on any atom is 0.407 e. The van der Waals surface area contributed by atoms with Crippen LogP contribution in [0.2, 0.25) is 0 Å². The average molecular weight is 503 g/mol. The molecule has 1 aliphatic carbocycles. The molecule has 4 aromatic rings. The Morgan fingerprint density at radius 3 is 2.39 bits per heavy atom. The van der Waals surface area contributed by atoms with Crippen LogP contribution in [-0.2, 0) is 15.3 Å². The third kappa shape index (κ3) is 4.77. The Hall–Kier alpha value is -3.91. The van der Waals surface area contributed by atoms with Crippen LogP contribution in [-0.4, -0.2) is 40.6 Å². The lowest BCUT2D eigenvalue weighted by Gasteiger charge is -2.17. The minimum absolute atomic E-state index is 0.104. The van der Waals surface area contributed by atoms with E-state index >= 15 is 0 Å². The van der Waals surface area contributed by atoms with E-state index < -0.39 is 18.1 Å². The molecule has 182 valence electrons. The Bertz CT molecular complexity index is 1400. The number of aromatic nitrogens is 1. The van der Waals surface area contributed by atoms with Gasteiger partial charge in [-0.2, -0.15) is 11.8 Å². The zero-order chi connectivity index (χ0) is 25.1. The Labute approximate surface area is 211 Å². The third-order valence-electron chi connectivity index (χ3n) is 6.28. The number of carbonyl (C=O) groups is 2. The first kappa shape index (κ1) is 23.8. The lowest BCUT2D eigenvalue weighted by atomic mass is 9.98. The van der Waals surface area contributed by atoms with Crippen molar-refractivity contribution >= 4 is 34.7 Å². The molecule has 1 atom stereocenters. The van der Waals surface area contributed by atoms with Gasteiger partial charge in [-0.3, -0.25) is 4.98 Å². The van der Waals surface area contributed by atoms with Gasteiger partial charge in [0.1, 0.15) is 18.5 Å². The predicted octanol–water partition coefficient (Wildman–Crippen LogP) is 5.60. The van der Waals surface area contributed by atoms with Crippen LogP contribution in [0.5, 0.6) is 0 Å². The highest BCUT2D eigenvalue weighted by atomic mass is 32.2.